The topological polar surface area (TPSA) is 46.2 Å². The zero-order valence-electron chi connectivity index (χ0n) is 25.7. The van der Waals surface area contributed by atoms with Gasteiger partial charge in [-0.1, -0.05) is 149 Å². The molecule has 0 bridgehead atoms. The summed E-state index contributed by atoms with van der Waals surface area (Å²) in [5.41, 5.74) is 5.34. The number of benzene rings is 5. The summed E-state index contributed by atoms with van der Waals surface area (Å²) in [6.07, 6.45) is -2.22. The lowest BCUT2D eigenvalue weighted by Crippen LogP contribution is -2.58. The predicted octanol–water partition coefficient (Wildman–Crippen LogP) is 8.86. The molecule has 46 heavy (non-hydrogen) atoms. The molecule has 0 amide bonds. The van der Waals surface area contributed by atoms with Crippen molar-refractivity contribution in [2.24, 2.45) is 0 Å². The van der Waals surface area contributed by atoms with Crippen molar-refractivity contribution in [3.05, 3.63) is 178 Å². The van der Waals surface area contributed by atoms with Gasteiger partial charge in [-0.3, -0.25) is 0 Å². The molecule has 1 aliphatic heterocycles. The zero-order chi connectivity index (χ0) is 31.4. The van der Waals surface area contributed by atoms with Gasteiger partial charge in [-0.25, -0.2) is 0 Å². The van der Waals surface area contributed by atoms with Crippen LogP contribution in [0.25, 0.3) is 0 Å². The molecule has 5 aromatic rings. The van der Waals surface area contributed by atoms with Crippen LogP contribution >= 0.6 is 15.9 Å². The van der Waals surface area contributed by atoms with Crippen molar-refractivity contribution in [2.45, 2.75) is 56.9 Å². The highest BCUT2D eigenvalue weighted by atomic mass is 79.9. The van der Waals surface area contributed by atoms with E-state index in [1.54, 1.807) is 0 Å². The van der Waals surface area contributed by atoms with Gasteiger partial charge in [0.2, 0.25) is 0 Å². The van der Waals surface area contributed by atoms with E-state index in [0.29, 0.717) is 33.0 Å². The first-order chi connectivity index (χ1) is 22.7. The molecule has 1 aliphatic rings. The van der Waals surface area contributed by atoms with Crippen molar-refractivity contribution in [1.82, 2.24) is 0 Å². The van der Waals surface area contributed by atoms with Crippen LogP contribution in [0.5, 0.6) is 0 Å². The lowest BCUT2D eigenvalue weighted by Gasteiger charge is -2.46. The lowest BCUT2D eigenvalue weighted by atomic mass is 9.90. The summed E-state index contributed by atoms with van der Waals surface area (Å²) in [4.78, 5) is 0. The standard InChI is InChI=1S/C40H39BrO5/c41-35-23-21-34(22-24-35)37-39(44-27-32-17-9-3-10-18-32)40(45-28-33-19-11-4-12-20-33)38(43-26-31-15-7-2-8-16-31)36(46-37)29-42-25-30-13-5-1-6-14-30/h1-24,36-40H,25-29H2. The first-order valence-corrected chi connectivity index (χ1v) is 16.5. The van der Waals surface area contributed by atoms with Crippen LogP contribution in [0.15, 0.2) is 150 Å². The van der Waals surface area contributed by atoms with Crippen LogP contribution < -0.4 is 0 Å². The van der Waals surface area contributed by atoms with E-state index >= 15 is 0 Å². The zero-order valence-corrected chi connectivity index (χ0v) is 27.3. The second-order valence-corrected chi connectivity index (χ2v) is 12.3. The van der Waals surface area contributed by atoms with E-state index in [4.69, 9.17) is 23.7 Å². The molecule has 6 rings (SSSR count). The average Bonchev–Trinajstić information content (AvgIpc) is 3.11. The Morgan fingerprint density at radius 3 is 1.35 bits per heavy atom. The van der Waals surface area contributed by atoms with E-state index in [9.17, 15) is 0 Å². The minimum atomic E-state index is -0.466. The van der Waals surface area contributed by atoms with E-state index in [2.05, 4.69) is 76.6 Å². The Morgan fingerprint density at radius 1 is 0.457 bits per heavy atom. The first kappa shape index (κ1) is 32.3. The van der Waals surface area contributed by atoms with Crippen molar-refractivity contribution in [1.29, 1.82) is 0 Å². The van der Waals surface area contributed by atoms with E-state index in [1.807, 2.05) is 84.9 Å². The van der Waals surface area contributed by atoms with Crippen LogP contribution in [-0.2, 0) is 50.1 Å². The van der Waals surface area contributed by atoms with Gasteiger partial charge in [-0.2, -0.15) is 0 Å². The summed E-state index contributed by atoms with van der Waals surface area (Å²) in [6.45, 7) is 2.03. The quantitative estimate of drug-likeness (QED) is 0.117. The van der Waals surface area contributed by atoms with Gasteiger partial charge in [0.05, 0.1) is 33.0 Å². The normalized spacial score (nSPS) is 21.2. The third-order valence-electron chi connectivity index (χ3n) is 8.08. The summed E-state index contributed by atoms with van der Waals surface area (Å²) < 4.78 is 34.7. The average molecular weight is 680 g/mol. The number of ether oxygens (including phenoxy) is 5. The maximum atomic E-state index is 6.96. The molecule has 5 atom stereocenters. The highest BCUT2D eigenvalue weighted by Crippen LogP contribution is 2.39. The van der Waals surface area contributed by atoms with Crippen LogP contribution in [0.1, 0.15) is 33.9 Å². The smallest absolute Gasteiger partial charge is 0.117 e. The number of rotatable bonds is 14. The third-order valence-corrected chi connectivity index (χ3v) is 8.61. The summed E-state index contributed by atoms with van der Waals surface area (Å²) in [5.74, 6) is 0. The first-order valence-electron chi connectivity index (χ1n) is 15.7. The van der Waals surface area contributed by atoms with Gasteiger partial charge >= 0.3 is 0 Å². The monoisotopic (exact) mass is 678 g/mol. The minimum absolute atomic E-state index is 0.331. The van der Waals surface area contributed by atoms with E-state index in [-0.39, 0.29) is 0 Å². The molecule has 0 aliphatic carbocycles. The number of hydrogen-bond acceptors (Lipinski definition) is 5. The molecule has 0 radical (unpaired) electrons. The van der Waals surface area contributed by atoms with Gasteiger partial charge in [0.15, 0.2) is 0 Å². The molecular formula is C40H39BrO5. The highest BCUT2D eigenvalue weighted by Gasteiger charge is 2.49. The summed E-state index contributed by atoms with van der Waals surface area (Å²) in [6, 6.07) is 49.0. The van der Waals surface area contributed by atoms with Gasteiger partial charge in [0.25, 0.3) is 0 Å². The lowest BCUT2D eigenvalue weighted by molar-refractivity contribution is -0.275. The Kier molecular flexibility index (Phi) is 11.8. The second kappa shape index (κ2) is 16.8. The maximum absolute atomic E-state index is 6.96. The maximum Gasteiger partial charge on any atom is 0.117 e. The second-order valence-electron chi connectivity index (χ2n) is 11.4. The molecule has 6 heteroatoms. The van der Waals surface area contributed by atoms with Gasteiger partial charge < -0.3 is 23.7 Å². The van der Waals surface area contributed by atoms with Crippen molar-refractivity contribution < 1.29 is 23.7 Å². The van der Waals surface area contributed by atoms with Crippen LogP contribution in [0.3, 0.4) is 0 Å². The summed E-state index contributed by atoms with van der Waals surface area (Å²) in [7, 11) is 0. The molecule has 1 fully saturated rings. The molecule has 1 heterocycles. The van der Waals surface area contributed by atoms with Crippen LogP contribution in [0, 0.1) is 0 Å². The number of halogens is 1. The molecule has 236 valence electrons. The van der Waals surface area contributed by atoms with Gasteiger partial charge in [-0.15, -0.1) is 0 Å². The number of hydrogen-bond donors (Lipinski definition) is 0. The Bertz CT molecular complexity index is 1570. The van der Waals surface area contributed by atoms with Gasteiger partial charge in [0, 0.05) is 4.47 Å². The van der Waals surface area contributed by atoms with Crippen LogP contribution in [0.4, 0.5) is 0 Å². The SMILES string of the molecule is Brc1ccc(C2OC(COCc3ccccc3)C(OCc3ccccc3)C(OCc3ccccc3)C2OCc2ccccc2)cc1. The molecule has 0 aromatic heterocycles. The molecule has 1 saturated heterocycles. The van der Waals surface area contributed by atoms with Crippen molar-refractivity contribution in [3.63, 3.8) is 0 Å². The Hall–Kier alpha value is -3.62. The van der Waals surface area contributed by atoms with E-state index < -0.39 is 30.5 Å². The fourth-order valence-electron chi connectivity index (χ4n) is 5.71. The van der Waals surface area contributed by atoms with Crippen molar-refractivity contribution in [3.8, 4) is 0 Å². The van der Waals surface area contributed by atoms with Crippen molar-refractivity contribution in [2.75, 3.05) is 6.61 Å². The third kappa shape index (κ3) is 9.01. The predicted molar refractivity (Wildman–Crippen MR) is 183 cm³/mol. The molecule has 0 saturated carbocycles. The highest BCUT2D eigenvalue weighted by molar-refractivity contribution is 9.10. The summed E-state index contributed by atoms with van der Waals surface area (Å²) in [5, 5.41) is 0. The molecule has 0 spiro atoms. The van der Waals surface area contributed by atoms with Crippen LogP contribution in [-0.4, -0.2) is 31.0 Å². The van der Waals surface area contributed by atoms with E-state index in [1.165, 1.54) is 0 Å². The molecule has 5 aromatic carbocycles. The fourth-order valence-corrected chi connectivity index (χ4v) is 5.97. The molecular weight excluding hydrogens is 640 g/mol. The Balaban J connectivity index is 1.33. The fraction of sp³-hybridized carbons (Fsp3) is 0.250. The summed E-state index contributed by atoms with van der Waals surface area (Å²) >= 11 is 3.59. The molecule has 5 nitrogen and oxygen atoms in total. The Morgan fingerprint density at radius 2 is 0.870 bits per heavy atom. The molecule has 5 unspecified atom stereocenters. The van der Waals surface area contributed by atoms with Crippen molar-refractivity contribution >= 4 is 15.9 Å². The van der Waals surface area contributed by atoms with Gasteiger partial charge in [-0.05, 0) is 39.9 Å². The van der Waals surface area contributed by atoms with Gasteiger partial charge in [0.1, 0.15) is 30.5 Å². The Labute approximate surface area is 280 Å². The largest absolute Gasteiger partial charge is 0.374 e. The van der Waals surface area contributed by atoms with E-state index in [0.717, 1.165) is 32.3 Å². The molecule has 0 N–H and O–H groups in total. The van der Waals surface area contributed by atoms with Crippen LogP contribution in [0.2, 0.25) is 0 Å². The minimum Gasteiger partial charge on any atom is -0.374 e.